The molecule has 0 saturated heterocycles. The molecule has 3 heterocycles. The van der Waals surface area contributed by atoms with E-state index in [0.29, 0.717) is 30.1 Å². The number of pyridine rings is 1. The van der Waals surface area contributed by atoms with Crippen molar-refractivity contribution in [1.82, 2.24) is 34.7 Å². The molecule has 1 amide bonds. The van der Waals surface area contributed by atoms with E-state index in [1.54, 1.807) is 29.8 Å². The van der Waals surface area contributed by atoms with Crippen LogP contribution in [0.2, 0.25) is 0 Å². The van der Waals surface area contributed by atoms with Crippen LogP contribution in [0.1, 0.15) is 5.69 Å². The maximum atomic E-state index is 11.8. The van der Waals surface area contributed by atoms with Gasteiger partial charge in [0.25, 0.3) is 5.95 Å². The third-order valence-corrected chi connectivity index (χ3v) is 4.23. The van der Waals surface area contributed by atoms with Gasteiger partial charge in [-0.1, -0.05) is 23.3 Å². The van der Waals surface area contributed by atoms with Crippen molar-refractivity contribution < 1.29 is 19.0 Å². The van der Waals surface area contributed by atoms with Gasteiger partial charge in [0.1, 0.15) is 19.0 Å². The normalized spacial score (nSPS) is 10.9. The van der Waals surface area contributed by atoms with Crippen molar-refractivity contribution in [2.24, 2.45) is 7.05 Å². The Morgan fingerprint density at radius 1 is 1.10 bits per heavy atom. The molecule has 0 spiro atoms. The third kappa shape index (κ3) is 4.59. The van der Waals surface area contributed by atoms with Gasteiger partial charge in [-0.25, -0.2) is 19.0 Å². The Hall–Kier alpha value is -4.06. The molecule has 12 nitrogen and oxygen atoms in total. The summed E-state index contributed by atoms with van der Waals surface area (Å²) in [7, 11) is 3.26. The number of nitrogens with zero attached hydrogens (tertiary/aromatic N) is 7. The molecule has 31 heavy (non-hydrogen) atoms. The summed E-state index contributed by atoms with van der Waals surface area (Å²) in [5, 5.41) is 14.2. The van der Waals surface area contributed by atoms with E-state index in [2.05, 4.69) is 30.8 Å². The van der Waals surface area contributed by atoms with Gasteiger partial charge in [0.2, 0.25) is 0 Å². The molecule has 0 saturated carbocycles. The summed E-state index contributed by atoms with van der Waals surface area (Å²) in [6.07, 6.45) is -0.612. The zero-order valence-corrected chi connectivity index (χ0v) is 16.9. The minimum absolute atomic E-state index is 0.114. The molecule has 3 aromatic heterocycles. The van der Waals surface area contributed by atoms with E-state index in [0.717, 1.165) is 11.0 Å². The molecule has 0 atom stereocenters. The molecule has 1 N–H and O–H groups in total. The first kappa shape index (κ1) is 20.2. The maximum Gasteiger partial charge on any atom is 0.412 e. The van der Waals surface area contributed by atoms with Crippen molar-refractivity contribution in [2.45, 2.75) is 6.61 Å². The number of methoxy groups -OCH3 is 1. The molecule has 0 fully saturated rings. The number of carbonyl (C=O) groups excluding carboxylic acids is 1. The number of imidazole rings is 1. The van der Waals surface area contributed by atoms with E-state index in [1.807, 2.05) is 24.3 Å². The zero-order valence-electron chi connectivity index (χ0n) is 16.9. The van der Waals surface area contributed by atoms with Gasteiger partial charge in [-0.3, -0.25) is 5.32 Å². The van der Waals surface area contributed by atoms with Gasteiger partial charge in [0.05, 0.1) is 23.3 Å². The Labute approximate surface area is 176 Å². The number of ether oxygens (including phenoxy) is 3. The lowest BCUT2D eigenvalue weighted by Gasteiger charge is -2.09. The Balaban J connectivity index is 1.51. The number of anilines is 1. The van der Waals surface area contributed by atoms with Gasteiger partial charge >= 0.3 is 12.1 Å². The molecule has 0 radical (unpaired) electrons. The number of rotatable bonds is 8. The van der Waals surface area contributed by atoms with Crippen LogP contribution >= 0.6 is 0 Å². The number of fused-ring (bicyclic) bond motifs is 1. The number of para-hydroxylation sites is 2. The van der Waals surface area contributed by atoms with E-state index >= 15 is 0 Å². The average molecular weight is 424 g/mol. The fraction of sp³-hybridized carbons (Fsp3) is 0.263. The Kier molecular flexibility index (Phi) is 5.98. The predicted molar refractivity (Wildman–Crippen MR) is 109 cm³/mol. The second kappa shape index (κ2) is 9.17. The molecule has 160 valence electrons. The van der Waals surface area contributed by atoms with Gasteiger partial charge in [-0.15, -0.1) is 0 Å². The number of aryl methyl sites for hydroxylation is 1. The lowest BCUT2D eigenvalue weighted by molar-refractivity contribution is 0.107. The molecule has 0 aliphatic carbocycles. The number of tetrazole rings is 1. The molecule has 0 aliphatic heterocycles. The van der Waals surface area contributed by atoms with Gasteiger partial charge in [0.15, 0.2) is 0 Å². The standard InChI is InChI=1S/C19H20N8O4/c1-26-17(23-24-25-26)27-15-8-4-3-7-14(15)21-18(27)31-12-13-6-5-9-16(20-13)22-19(28)30-11-10-29-2/h3-9H,10-12H2,1-2H3,(H,20,22,28). The van der Waals surface area contributed by atoms with Gasteiger partial charge in [-0.2, -0.15) is 4.98 Å². The first-order valence-corrected chi connectivity index (χ1v) is 9.37. The van der Waals surface area contributed by atoms with Gasteiger partial charge in [0, 0.05) is 14.2 Å². The smallest absolute Gasteiger partial charge is 0.412 e. The summed E-state index contributed by atoms with van der Waals surface area (Å²) >= 11 is 0. The minimum Gasteiger partial charge on any atom is -0.458 e. The molecule has 0 aliphatic rings. The average Bonchev–Trinajstić information content (AvgIpc) is 3.35. The van der Waals surface area contributed by atoms with Crippen LogP contribution in [0.5, 0.6) is 6.01 Å². The number of aromatic nitrogens is 7. The largest absolute Gasteiger partial charge is 0.458 e. The summed E-state index contributed by atoms with van der Waals surface area (Å²) in [4.78, 5) is 20.7. The molecular weight excluding hydrogens is 404 g/mol. The Bertz CT molecular complexity index is 1190. The fourth-order valence-electron chi connectivity index (χ4n) is 2.83. The second-order valence-electron chi connectivity index (χ2n) is 6.38. The number of benzene rings is 1. The zero-order chi connectivity index (χ0) is 21.6. The van der Waals surface area contributed by atoms with E-state index in [1.165, 1.54) is 11.8 Å². The maximum absolute atomic E-state index is 11.8. The lowest BCUT2D eigenvalue weighted by Crippen LogP contribution is -2.17. The second-order valence-corrected chi connectivity index (χ2v) is 6.38. The molecule has 0 unspecified atom stereocenters. The summed E-state index contributed by atoms with van der Waals surface area (Å²) in [5.41, 5.74) is 2.13. The SMILES string of the molecule is COCCOC(=O)Nc1cccc(COc2nc3ccccc3n2-c2nnnn2C)n1. The molecule has 0 bridgehead atoms. The first-order valence-electron chi connectivity index (χ1n) is 9.37. The van der Waals surface area contributed by atoms with E-state index < -0.39 is 6.09 Å². The van der Waals surface area contributed by atoms with Crippen molar-refractivity contribution in [1.29, 1.82) is 0 Å². The number of hydrogen-bond donors (Lipinski definition) is 1. The highest BCUT2D eigenvalue weighted by atomic mass is 16.6. The predicted octanol–water partition coefficient (Wildman–Crippen LogP) is 1.72. The van der Waals surface area contributed by atoms with Gasteiger partial charge in [-0.05, 0) is 34.7 Å². The Morgan fingerprint density at radius 2 is 1.97 bits per heavy atom. The van der Waals surface area contributed by atoms with Crippen LogP contribution in [0, 0.1) is 0 Å². The van der Waals surface area contributed by atoms with Crippen LogP contribution in [0.25, 0.3) is 17.0 Å². The summed E-state index contributed by atoms with van der Waals surface area (Å²) < 4.78 is 19.0. The van der Waals surface area contributed by atoms with Crippen LogP contribution in [0.3, 0.4) is 0 Å². The number of carbonyl (C=O) groups is 1. The minimum atomic E-state index is -0.612. The monoisotopic (exact) mass is 424 g/mol. The van der Waals surface area contributed by atoms with Crippen LogP contribution in [0.4, 0.5) is 10.6 Å². The van der Waals surface area contributed by atoms with Gasteiger partial charge < -0.3 is 14.2 Å². The third-order valence-electron chi connectivity index (χ3n) is 4.23. The molecule has 4 rings (SSSR count). The lowest BCUT2D eigenvalue weighted by atomic mass is 10.3. The molecule has 12 heteroatoms. The highest BCUT2D eigenvalue weighted by molar-refractivity contribution is 5.83. The van der Waals surface area contributed by atoms with E-state index in [-0.39, 0.29) is 13.2 Å². The first-order chi connectivity index (χ1) is 15.2. The van der Waals surface area contributed by atoms with E-state index in [9.17, 15) is 4.79 Å². The molecule has 4 aromatic rings. The number of nitrogens with one attached hydrogen (secondary N) is 1. The van der Waals surface area contributed by atoms with Crippen LogP contribution in [-0.2, 0) is 23.1 Å². The van der Waals surface area contributed by atoms with Crippen molar-refractivity contribution in [3.05, 3.63) is 48.2 Å². The summed E-state index contributed by atoms with van der Waals surface area (Å²) in [5.74, 6) is 0.806. The quantitative estimate of drug-likeness (QED) is 0.420. The highest BCUT2D eigenvalue weighted by Crippen LogP contribution is 2.25. The van der Waals surface area contributed by atoms with Crippen molar-refractivity contribution >= 4 is 22.9 Å². The van der Waals surface area contributed by atoms with Crippen molar-refractivity contribution in [3.63, 3.8) is 0 Å². The number of hydrogen-bond acceptors (Lipinski definition) is 9. The summed E-state index contributed by atoms with van der Waals surface area (Å²) in [6, 6.07) is 13.1. The summed E-state index contributed by atoms with van der Waals surface area (Å²) in [6.45, 7) is 0.581. The van der Waals surface area contributed by atoms with Crippen LogP contribution in [-0.4, -0.2) is 61.2 Å². The van der Waals surface area contributed by atoms with Crippen LogP contribution in [0.15, 0.2) is 42.5 Å². The van der Waals surface area contributed by atoms with Crippen LogP contribution < -0.4 is 10.1 Å². The topological polar surface area (TPSA) is 131 Å². The van der Waals surface area contributed by atoms with Crippen molar-refractivity contribution in [2.75, 3.05) is 25.6 Å². The van der Waals surface area contributed by atoms with Crippen molar-refractivity contribution in [3.8, 4) is 12.0 Å². The molecule has 1 aromatic carbocycles. The number of amides is 1. The fourth-order valence-corrected chi connectivity index (χ4v) is 2.83. The van der Waals surface area contributed by atoms with E-state index in [4.69, 9.17) is 14.2 Å². The highest BCUT2D eigenvalue weighted by Gasteiger charge is 2.18. The Morgan fingerprint density at radius 3 is 2.77 bits per heavy atom. The molecular formula is C19H20N8O4.